The van der Waals surface area contributed by atoms with E-state index in [2.05, 4.69) is 5.32 Å². The first-order chi connectivity index (χ1) is 12.1. The number of rotatable bonds is 6. The van der Waals surface area contributed by atoms with E-state index in [1.165, 1.54) is 4.31 Å². The normalized spacial score (nSPS) is 11.3. The minimum Gasteiger partial charge on any atom is -0.350 e. The number of amides is 1. The van der Waals surface area contributed by atoms with Crippen LogP contribution in [0.25, 0.3) is 0 Å². The first kappa shape index (κ1) is 20.3. The number of sulfonamides is 1. The van der Waals surface area contributed by atoms with Crippen molar-refractivity contribution in [3.8, 4) is 0 Å². The second-order valence-electron chi connectivity index (χ2n) is 6.32. The van der Waals surface area contributed by atoms with E-state index in [1.54, 1.807) is 31.2 Å². The van der Waals surface area contributed by atoms with Gasteiger partial charge >= 0.3 is 0 Å². The zero-order valence-electron chi connectivity index (χ0n) is 15.3. The van der Waals surface area contributed by atoms with Gasteiger partial charge in [-0.1, -0.05) is 17.7 Å². The van der Waals surface area contributed by atoms with Gasteiger partial charge in [0, 0.05) is 17.1 Å². The highest BCUT2D eigenvalue weighted by molar-refractivity contribution is 7.92. The van der Waals surface area contributed by atoms with Crippen LogP contribution < -0.4 is 9.62 Å². The summed E-state index contributed by atoms with van der Waals surface area (Å²) in [4.78, 5) is 12.3. The van der Waals surface area contributed by atoms with Gasteiger partial charge < -0.3 is 5.32 Å². The second-order valence-corrected chi connectivity index (χ2v) is 8.66. The summed E-state index contributed by atoms with van der Waals surface area (Å²) in [6, 6.07) is 10.5. The summed E-state index contributed by atoms with van der Waals surface area (Å²) in [6.45, 7) is 6.06. The van der Waals surface area contributed by atoms with Crippen molar-refractivity contribution in [3.63, 3.8) is 0 Å². The monoisotopic (exact) mass is 394 g/mol. The highest BCUT2D eigenvalue weighted by atomic mass is 35.5. The van der Waals surface area contributed by atoms with E-state index in [-0.39, 0.29) is 19.0 Å². The molecule has 26 heavy (non-hydrogen) atoms. The smallest absolute Gasteiger partial charge is 0.251 e. The van der Waals surface area contributed by atoms with Gasteiger partial charge in [-0.15, -0.1) is 0 Å². The Balaban J connectivity index is 2.10. The van der Waals surface area contributed by atoms with Gasteiger partial charge in [0.05, 0.1) is 18.5 Å². The summed E-state index contributed by atoms with van der Waals surface area (Å²) >= 11 is 5.95. The van der Waals surface area contributed by atoms with E-state index in [9.17, 15) is 13.2 Å². The van der Waals surface area contributed by atoms with Crippen LogP contribution in [-0.2, 0) is 10.0 Å². The fourth-order valence-electron chi connectivity index (χ4n) is 2.62. The van der Waals surface area contributed by atoms with Crippen LogP contribution in [0.3, 0.4) is 0 Å². The summed E-state index contributed by atoms with van der Waals surface area (Å²) in [5, 5.41) is 3.32. The molecule has 2 aromatic carbocycles. The predicted molar refractivity (Wildman–Crippen MR) is 107 cm³/mol. The van der Waals surface area contributed by atoms with E-state index in [1.807, 2.05) is 26.0 Å². The maximum atomic E-state index is 12.3. The molecule has 0 aliphatic rings. The topological polar surface area (TPSA) is 66.5 Å². The Morgan fingerprint density at radius 1 is 1.04 bits per heavy atom. The van der Waals surface area contributed by atoms with E-state index in [0.717, 1.165) is 22.9 Å². The number of halogens is 1. The molecule has 0 aromatic heterocycles. The number of hydrogen-bond acceptors (Lipinski definition) is 3. The van der Waals surface area contributed by atoms with Gasteiger partial charge in [0.25, 0.3) is 5.91 Å². The molecule has 2 rings (SSSR count). The average Bonchev–Trinajstić information content (AvgIpc) is 2.54. The van der Waals surface area contributed by atoms with Gasteiger partial charge in [-0.3, -0.25) is 9.10 Å². The van der Waals surface area contributed by atoms with Crippen LogP contribution in [0.5, 0.6) is 0 Å². The first-order valence-electron chi connectivity index (χ1n) is 8.19. The maximum absolute atomic E-state index is 12.3. The zero-order valence-corrected chi connectivity index (χ0v) is 16.9. The molecule has 1 amide bonds. The van der Waals surface area contributed by atoms with Crippen LogP contribution in [0, 0.1) is 20.8 Å². The highest BCUT2D eigenvalue weighted by Gasteiger charge is 2.19. The van der Waals surface area contributed by atoms with Crippen molar-refractivity contribution in [1.82, 2.24) is 5.32 Å². The van der Waals surface area contributed by atoms with Crippen molar-refractivity contribution in [2.45, 2.75) is 20.8 Å². The van der Waals surface area contributed by atoms with Gasteiger partial charge in [0.15, 0.2) is 0 Å². The number of aryl methyl sites for hydroxylation is 3. The molecule has 7 heteroatoms. The van der Waals surface area contributed by atoms with Crippen LogP contribution in [-0.4, -0.2) is 33.7 Å². The Labute approximate surface area is 160 Å². The quantitative estimate of drug-likeness (QED) is 0.815. The van der Waals surface area contributed by atoms with Crippen molar-refractivity contribution in [3.05, 3.63) is 63.7 Å². The zero-order chi connectivity index (χ0) is 19.5. The minimum atomic E-state index is -3.49. The Morgan fingerprint density at radius 3 is 2.31 bits per heavy atom. The van der Waals surface area contributed by atoms with E-state index in [0.29, 0.717) is 16.3 Å². The summed E-state index contributed by atoms with van der Waals surface area (Å²) in [7, 11) is -3.49. The third kappa shape index (κ3) is 4.99. The molecule has 0 saturated heterocycles. The van der Waals surface area contributed by atoms with Gasteiger partial charge in [0.1, 0.15) is 0 Å². The molecular formula is C19H23ClN2O3S. The Morgan fingerprint density at radius 2 is 1.73 bits per heavy atom. The van der Waals surface area contributed by atoms with Crippen molar-refractivity contribution in [1.29, 1.82) is 0 Å². The lowest BCUT2D eigenvalue weighted by Crippen LogP contribution is -2.38. The Kier molecular flexibility index (Phi) is 6.31. The molecule has 0 aliphatic carbocycles. The predicted octanol–water partition coefficient (Wildman–Crippen LogP) is 3.46. The molecule has 0 saturated carbocycles. The second kappa shape index (κ2) is 8.10. The van der Waals surface area contributed by atoms with Crippen molar-refractivity contribution >= 4 is 33.2 Å². The minimum absolute atomic E-state index is 0.137. The van der Waals surface area contributed by atoms with Crippen molar-refractivity contribution in [2.24, 2.45) is 0 Å². The fraction of sp³-hybridized carbons (Fsp3) is 0.316. The molecule has 0 unspecified atom stereocenters. The number of hydrogen-bond donors (Lipinski definition) is 1. The van der Waals surface area contributed by atoms with Gasteiger partial charge in [0.2, 0.25) is 10.0 Å². The Hall–Kier alpha value is -2.05. The lowest BCUT2D eigenvalue weighted by Gasteiger charge is -2.24. The van der Waals surface area contributed by atoms with Gasteiger partial charge in [-0.25, -0.2) is 8.42 Å². The molecule has 2 aromatic rings. The van der Waals surface area contributed by atoms with Crippen LogP contribution >= 0.6 is 11.6 Å². The molecule has 1 N–H and O–H groups in total. The third-order valence-corrected chi connectivity index (χ3v) is 5.61. The summed E-state index contributed by atoms with van der Waals surface area (Å²) < 4.78 is 25.6. The third-order valence-electron chi connectivity index (χ3n) is 4.20. The van der Waals surface area contributed by atoms with E-state index < -0.39 is 10.0 Å². The number of carbonyl (C=O) groups is 1. The first-order valence-corrected chi connectivity index (χ1v) is 10.4. The molecule has 5 nitrogen and oxygen atoms in total. The molecule has 0 atom stereocenters. The number of nitrogens with one attached hydrogen (secondary N) is 1. The molecular weight excluding hydrogens is 372 g/mol. The lowest BCUT2D eigenvalue weighted by atomic mass is 10.1. The largest absolute Gasteiger partial charge is 0.350 e. The van der Waals surface area contributed by atoms with Gasteiger partial charge in [-0.2, -0.15) is 0 Å². The molecule has 0 aliphatic heterocycles. The van der Waals surface area contributed by atoms with Gasteiger partial charge in [-0.05, 0) is 67.8 Å². The summed E-state index contributed by atoms with van der Waals surface area (Å²) in [5.74, 6) is -0.227. The molecule has 0 spiro atoms. The van der Waals surface area contributed by atoms with E-state index >= 15 is 0 Å². The molecule has 0 heterocycles. The number of nitrogens with zero attached hydrogens (tertiary/aromatic N) is 1. The lowest BCUT2D eigenvalue weighted by molar-refractivity contribution is 0.0954. The maximum Gasteiger partial charge on any atom is 0.251 e. The number of benzene rings is 2. The molecule has 0 radical (unpaired) electrons. The number of anilines is 1. The van der Waals surface area contributed by atoms with Crippen LogP contribution in [0.2, 0.25) is 5.02 Å². The van der Waals surface area contributed by atoms with Crippen LogP contribution in [0.4, 0.5) is 5.69 Å². The molecule has 0 fully saturated rings. The van der Waals surface area contributed by atoms with Crippen LogP contribution in [0.1, 0.15) is 27.0 Å². The fourth-order valence-corrected chi connectivity index (χ4v) is 3.83. The standard InChI is InChI=1S/C19H23ClN2O3S/c1-13-5-6-16(11-14(13)2)19(23)21-9-10-22(26(4,24)25)18-8-7-17(20)12-15(18)3/h5-8,11-12H,9-10H2,1-4H3,(H,21,23). The summed E-state index contributed by atoms with van der Waals surface area (Å²) in [6.07, 6.45) is 1.15. The van der Waals surface area contributed by atoms with E-state index in [4.69, 9.17) is 11.6 Å². The van der Waals surface area contributed by atoms with Crippen molar-refractivity contribution < 1.29 is 13.2 Å². The number of carbonyl (C=O) groups excluding carboxylic acids is 1. The Bertz CT molecular complexity index is 926. The van der Waals surface area contributed by atoms with Crippen LogP contribution in [0.15, 0.2) is 36.4 Å². The van der Waals surface area contributed by atoms with Crippen molar-refractivity contribution in [2.75, 3.05) is 23.7 Å². The SMILES string of the molecule is Cc1ccc(C(=O)NCCN(c2ccc(Cl)cc2C)S(C)(=O)=O)cc1C. The molecule has 140 valence electrons. The average molecular weight is 395 g/mol. The highest BCUT2D eigenvalue weighted by Crippen LogP contribution is 2.25. The molecule has 0 bridgehead atoms. The summed E-state index contributed by atoms with van der Waals surface area (Å²) in [5.41, 5.74) is 4.01.